The van der Waals surface area contributed by atoms with Crippen molar-refractivity contribution >= 4 is 22.5 Å². The summed E-state index contributed by atoms with van der Waals surface area (Å²) in [6.45, 7) is 3.88. The van der Waals surface area contributed by atoms with Gasteiger partial charge in [0.05, 0.1) is 27.7 Å². The molecular formula is C18H17ClFN3O. The van der Waals surface area contributed by atoms with Crippen molar-refractivity contribution in [1.82, 2.24) is 9.55 Å². The molecule has 0 saturated heterocycles. The molecule has 1 aromatic heterocycles. The van der Waals surface area contributed by atoms with E-state index in [0.29, 0.717) is 27.4 Å². The zero-order valence-corrected chi connectivity index (χ0v) is 14.1. The van der Waals surface area contributed by atoms with Crippen LogP contribution in [0.25, 0.3) is 16.6 Å². The maximum Gasteiger partial charge on any atom is 0.267 e. The van der Waals surface area contributed by atoms with Gasteiger partial charge >= 0.3 is 0 Å². The summed E-state index contributed by atoms with van der Waals surface area (Å²) in [5.74, 6) is -0.00793. The number of fused-ring (bicyclic) bond motifs is 1. The molecule has 0 spiro atoms. The van der Waals surface area contributed by atoms with Crippen LogP contribution in [0.15, 0.2) is 47.3 Å². The van der Waals surface area contributed by atoms with Gasteiger partial charge < -0.3 is 5.73 Å². The number of rotatable bonds is 3. The van der Waals surface area contributed by atoms with E-state index in [4.69, 9.17) is 17.3 Å². The minimum Gasteiger partial charge on any atom is -0.321 e. The first kappa shape index (κ1) is 16.6. The molecule has 4 nitrogen and oxygen atoms in total. The number of benzene rings is 2. The highest BCUT2D eigenvalue weighted by atomic mass is 35.5. The fourth-order valence-corrected chi connectivity index (χ4v) is 2.84. The summed E-state index contributed by atoms with van der Waals surface area (Å²) >= 11 is 6.19. The molecule has 0 aliphatic heterocycles. The first-order valence-electron chi connectivity index (χ1n) is 7.63. The summed E-state index contributed by atoms with van der Waals surface area (Å²) in [4.78, 5) is 17.6. The monoisotopic (exact) mass is 345 g/mol. The lowest BCUT2D eigenvalue weighted by Crippen LogP contribution is -2.30. The second kappa shape index (κ2) is 6.34. The van der Waals surface area contributed by atoms with Crippen molar-refractivity contribution in [3.63, 3.8) is 0 Å². The molecular weight excluding hydrogens is 329 g/mol. The van der Waals surface area contributed by atoms with Gasteiger partial charge in [0.25, 0.3) is 5.56 Å². The van der Waals surface area contributed by atoms with Crippen LogP contribution < -0.4 is 11.3 Å². The fourth-order valence-electron chi connectivity index (χ4n) is 2.59. The fraction of sp³-hybridized carbons (Fsp3) is 0.222. The van der Waals surface area contributed by atoms with Gasteiger partial charge in [-0.3, -0.25) is 9.36 Å². The Kier molecular flexibility index (Phi) is 4.39. The number of hydrogen-bond acceptors (Lipinski definition) is 3. The number of nitrogens with zero attached hydrogens (tertiary/aromatic N) is 2. The Morgan fingerprint density at radius 3 is 2.58 bits per heavy atom. The van der Waals surface area contributed by atoms with E-state index in [1.807, 2.05) is 13.8 Å². The van der Waals surface area contributed by atoms with Crippen molar-refractivity contribution in [2.45, 2.75) is 19.9 Å². The molecule has 2 N–H and O–H groups in total. The Hall–Kier alpha value is -2.24. The molecule has 3 rings (SSSR count). The van der Waals surface area contributed by atoms with E-state index in [0.717, 1.165) is 0 Å². The summed E-state index contributed by atoms with van der Waals surface area (Å²) in [5, 5.41) is 0.600. The predicted molar refractivity (Wildman–Crippen MR) is 94.1 cm³/mol. The molecule has 0 fully saturated rings. The number of nitrogens with two attached hydrogens (primary N) is 1. The van der Waals surface area contributed by atoms with Gasteiger partial charge in [-0.25, -0.2) is 9.37 Å². The van der Waals surface area contributed by atoms with Crippen molar-refractivity contribution in [3.8, 4) is 5.69 Å². The molecule has 3 aromatic rings. The van der Waals surface area contributed by atoms with Gasteiger partial charge in [0, 0.05) is 0 Å². The lowest BCUT2D eigenvalue weighted by Gasteiger charge is -2.21. The maximum absolute atomic E-state index is 13.7. The lowest BCUT2D eigenvalue weighted by molar-refractivity contribution is 0.479. The van der Waals surface area contributed by atoms with Crippen LogP contribution in [0.5, 0.6) is 0 Å². The van der Waals surface area contributed by atoms with Crippen molar-refractivity contribution in [3.05, 3.63) is 69.5 Å². The zero-order valence-electron chi connectivity index (χ0n) is 13.3. The summed E-state index contributed by atoms with van der Waals surface area (Å²) in [6, 6.07) is 10.4. The molecule has 24 heavy (non-hydrogen) atoms. The first-order chi connectivity index (χ1) is 11.4. The molecule has 0 radical (unpaired) electrons. The second-order valence-electron chi connectivity index (χ2n) is 5.99. The average molecular weight is 346 g/mol. The molecule has 0 aliphatic rings. The predicted octanol–water partition coefficient (Wildman–Crippen LogP) is 3.83. The maximum atomic E-state index is 13.7. The summed E-state index contributed by atoms with van der Waals surface area (Å²) in [6.07, 6.45) is 0. The SMILES string of the molecule is CC(C)[C@@H](N)c1nc2cccc(Cl)c2c(=O)n1-c1cccc(F)c1. The highest BCUT2D eigenvalue weighted by Gasteiger charge is 2.21. The third-order valence-electron chi connectivity index (χ3n) is 3.96. The van der Waals surface area contributed by atoms with E-state index in [1.165, 1.54) is 16.7 Å². The van der Waals surface area contributed by atoms with Gasteiger partial charge in [0.1, 0.15) is 11.6 Å². The Morgan fingerprint density at radius 2 is 1.92 bits per heavy atom. The number of hydrogen-bond donors (Lipinski definition) is 1. The molecule has 0 unspecified atom stereocenters. The van der Waals surface area contributed by atoms with E-state index in [1.54, 1.807) is 30.3 Å². The highest BCUT2D eigenvalue weighted by molar-refractivity contribution is 6.35. The van der Waals surface area contributed by atoms with Crippen LogP contribution in [0.4, 0.5) is 4.39 Å². The standard InChI is InChI=1S/C18H17ClFN3O/c1-10(2)16(21)17-22-14-8-4-7-13(19)15(14)18(24)23(17)12-6-3-5-11(20)9-12/h3-10,16H,21H2,1-2H3/t16-/m1/s1. The minimum atomic E-state index is -0.482. The van der Waals surface area contributed by atoms with Crippen LogP contribution in [-0.2, 0) is 0 Å². The Balaban J connectivity index is 2.44. The van der Waals surface area contributed by atoms with Crippen LogP contribution in [-0.4, -0.2) is 9.55 Å². The van der Waals surface area contributed by atoms with Gasteiger partial charge in [0.2, 0.25) is 0 Å². The van der Waals surface area contributed by atoms with Gasteiger partial charge in [-0.1, -0.05) is 37.6 Å². The molecule has 1 heterocycles. The molecule has 6 heteroatoms. The number of aromatic nitrogens is 2. The topological polar surface area (TPSA) is 60.9 Å². The first-order valence-corrected chi connectivity index (χ1v) is 8.00. The lowest BCUT2D eigenvalue weighted by atomic mass is 10.0. The molecule has 0 amide bonds. The molecule has 0 saturated carbocycles. The molecule has 0 aliphatic carbocycles. The van der Waals surface area contributed by atoms with Crippen molar-refractivity contribution in [2.24, 2.45) is 11.7 Å². The molecule has 1 atom stereocenters. The van der Waals surface area contributed by atoms with Gasteiger partial charge in [-0.05, 0) is 36.2 Å². The van der Waals surface area contributed by atoms with E-state index >= 15 is 0 Å². The smallest absolute Gasteiger partial charge is 0.267 e. The highest BCUT2D eigenvalue weighted by Crippen LogP contribution is 2.24. The van der Waals surface area contributed by atoms with E-state index in [2.05, 4.69) is 4.98 Å². The average Bonchev–Trinajstić information content (AvgIpc) is 2.53. The summed E-state index contributed by atoms with van der Waals surface area (Å²) in [5.41, 5.74) is 6.76. The molecule has 2 aromatic carbocycles. The Morgan fingerprint density at radius 1 is 1.21 bits per heavy atom. The van der Waals surface area contributed by atoms with Gasteiger partial charge in [0.15, 0.2) is 0 Å². The van der Waals surface area contributed by atoms with Crippen LogP contribution in [0.3, 0.4) is 0 Å². The van der Waals surface area contributed by atoms with Crippen LogP contribution >= 0.6 is 11.6 Å². The molecule has 0 bridgehead atoms. The normalized spacial score (nSPS) is 12.8. The summed E-state index contributed by atoms with van der Waals surface area (Å²) in [7, 11) is 0. The van der Waals surface area contributed by atoms with Gasteiger partial charge in [-0.15, -0.1) is 0 Å². The Labute approximate surface area is 143 Å². The Bertz CT molecular complexity index is 968. The van der Waals surface area contributed by atoms with Gasteiger partial charge in [-0.2, -0.15) is 0 Å². The van der Waals surface area contributed by atoms with Crippen LogP contribution in [0.1, 0.15) is 25.7 Å². The van der Waals surface area contributed by atoms with E-state index in [-0.39, 0.29) is 11.5 Å². The largest absolute Gasteiger partial charge is 0.321 e. The number of halogens is 2. The molecule has 124 valence electrons. The van der Waals surface area contributed by atoms with Crippen molar-refractivity contribution < 1.29 is 4.39 Å². The zero-order chi connectivity index (χ0) is 17.4. The third kappa shape index (κ3) is 2.81. The summed E-state index contributed by atoms with van der Waals surface area (Å²) < 4.78 is 15.0. The van der Waals surface area contributed by atoms with Crippen molar-refractivity contribution in [1.29, 1.82) is 0 Å². The van der Waals surface area contributed by atoms with Crippen LogP contribution in [0.2, 0.25) is 5.02 Å². The van der Waals surface area contributed by atoms with Crippen molar-refractivity contribution in [2.75, 3.05) is 0 Å². The quantitative estimate of drug-likeness (QED) is 0.784. The second-order valence-corrected chi connectivity index (χ2v) is 6.40. The van der Waals surface area contributed by atoms with E-state index < -0.39 is 11.9 Å². The van der Waals surface area contributed by atoms with E-state index in [9.17, 15) is 9.18 Å². The van der Waals surface area contributed by atoms with Crippen LogP contribution in [0, 0.1) is 11.7 Å². The third-order valence-corrected chi connectivity index (χ3v) is 4.27. The minimum absolute atomic E-state index is 0.0494.